The Morgan fingerprint density at radius 3 is 2.79 bits per heavy atom. The first-order valence-electron chi connectivity index (χ1n) is 5.68. The van der Waals surface area contributed by atoms with Gasteiger partial charge < -0.3 is 4.74 Å². The summed E-state index contributed by atoms with van der Waals surface area (Å²) >= 11 is 5.92. The maximum atomic E-state index is 12.3. The predicted octanol–water partition coefficient (Wildman–Crippen LogP) is 1.67. The van der Waals surface area contributed by atoms with Crippen LogP contribution in [0.15, 0.2) is 23.1 Å². The maximum Gasteiger partial charge on any atom is 0.242 e. The van der Waals surface area contributed by atoms with E-state index in [1.165, 1.54) is 18.2 Å². The monoisotopic (exact) mass is 300 g/mol. The van der Waals surface area contributed by atoms with E-state index in [0.717, 1.165) is 0 Å². The number of rotatable bonds is 3. The van der Waals surface area contributed by atoms with E-state index in [-0.39, 0.29) is 9.92 Å². The van der Waals surface area contributed by atoms with Crippen LogP contribution in [0.4, 0.5) is 0 Å². The molecule has 0 bridgehead atoms. The molecule has 1 fully saturated rings. The Labute approximate surface area is 117 Å². The minimum Gasteiger partial charge on any atom is -0.379 e. The third-order valence-corrected chi connectivity index (χ3v) is 5.07. The summed E-state index contributed by atoms with van der Waals surface area (Å²) in [7, 11) is -3.73. The second kappa shape index (κ2) is 5.10. The number of hydrogen-bond acceptors (Lipinski definition) is 4. The molecule has 1 aromatic carbocycles. The van der Waals surface area contributed by atoms with Crippen molar-refractivity contribution < 1.29 is 13.2 Å². The summed E-state index contributed by atoms with van der Waals surface area (Å²) < 4.78 is 32.4. The largest absolute Gasteiger partial charge is 0.379 e. The van der Waals surface area contributed by atoms with Crippen LogP contribution in [0.25, 0.3) is 0 Å². The zero-order valence-corrected chi connectivity index (χ0v) is 11.9. The number of hydrogen-bond donors (Lipinski definition) is 1. The molecule has 5 nitrogen and oxygen atoms in total. The molecule has 1 aliphatic heterocycles. The van der Waals surface area contributed by atoms with Gasteiger partial charge in [-0.1, -0.05) is 11.6 Å². The van der Waals surface area contributed by atoms with E-state index in [2.05, 4.69) is 4.72 Å². The van der Waals surface area contributed by atoms with E-state index in [9.17, 15) is 8.42 Å². The number of halogens is 1. The highest BCUT2D eigenvalue weighted by molar-refractivity contribution is 7.89. The fourth-order valence-corrected chi connectivity index (χ4v) is 3.88. The van der Waals surface area contributed by atoms with E-state index < -0.39 is 15.6 Å². The molecule has 0 amide bonds. The van der Waals surface area contributed by atoms with Crippen molar-refractivity contribution >= 4 is 21.6 Å². The average Bonchev–Trinajstić information content (AvgIpc) is 2.74. The Morgan fingerprint density at radius 2 is 2.26 bits per heavy atom. The molecule has 2 rings (SSSR count). The highest BCUT2D eigenvalue weighted by Crippen LogP contribution is 2.26. The predicted molar refractivity (Wildman–Crippen MR) is 70.3 cm³/mol. The number of sulfonamides is 1. The van der Waals surface area contributed by atoms with Crippen molar-refractivity contribution in [1.82, 2.24) is 4.72 Å². The van der Waals surface area contributed by atoms with Crippen LogP contribution in [0, 0.1) is 11.3 Å². The smallest absolute Gasteiger partial charge is 0.242 e. The van der Waals surface area contributed by atoms with Gasteiger partial charge in [-0.3, -0.25) is 0 Å². The van der Waals surface area contributed by atoms with Crippen molar-refractivity contribution in [2.24, 2.45) is 0 Å². The quantitative estimate of drug-likeness (QED) is 0.921. The van der Waals surface area contributed by atoms with Crippen molar-refractivity contribution in [3.05, 3.63) is 28.8 Å². The number of nitriles is 1. The molecule has 1 aliphatic rings. The van der Waals surface area contributed by atoms with Crippen molar-refractivity contribution in [2.45, 2.75) is 23.8 Å². The van der Waals surface area contributed by atoms with Crippen molar-refractivity contribution in [3.63, 3.8) is 0 Å². The summed E-state index contributed by atoms with van der Waals surface area (Å²) in [5, 5.41) is 8.77. The van der Waals surface area contributed by atoms with Crippen molar-refractivity contribution in [2.75, 3.05) is 13.2 Å². The summed E-state index contributed by atoms with van der Waals surface area (Å²) in [6.07, 6.45) is 0.611. The lowest BCUT2D eigenvalue weighted by atomic mass is 10.0. The number of benzene rings is 1. The molecule has 0 spiro atoms. The van der Waals surface area contributed by atoms with E-state index in [1.54, 1.807) is 6.92 Å². The lowest BCUT2D eigenvalue weighted by molar-refractivity contribution is 0.178. The molecule has 1 heterocycles. The molecule has 19 heavy (non-hydrogen) atoms. The third-order valence-electron chi connectivity index (χ3n) is 2.95. The Kier molecular flexibility index (Phi) is 3.83. The molecule has 0 unspecified atom stereocenters. The number of nitrogens with zero attached hydrogens (tertiary/aromatic N) is 1. The Balaban J connectivity index is 2.32. The fourth-order valence-electron chi connectivity index (χ4n) is 1.92. The first kappa shape index (κ1) is 14.3. The molecule has 1 atom stereocenters. The summed E-state index contributed by atoms with van der Waals surface area (Å²) in [5.41, 5.74) is -0.296. The molecule has 1 N–H and O–H groups in total. The van der Waals surface area contributed by atoms with Gasteiger partial charge >= 0.3 is 0 Å². The van der Waals surface area contributed by atoms with Gasteiger partial charge in [-0.15, -0.1) is 0 Å². The van der Waals surface area contributed by atoms with Gasteiger partial charge in [0.2, 0.25) is 10.0 Å². The van der Waals surface area contributed by atoms with Gasteiger partial charge in [0.15, 0.2) is 0 Å². The van der Waals surface area contributed by atoms with Gasteiger partial charge in [-0.25, -0.2) is 13.1 Å². The SMILES string of the molecule is C[C@]1(NS(=O)(=O)c2ccc(C#N)cc2Cl)CCOC1. The first-order valence-corrected chi connectivity index (χ1v) is 7.54. The topological polar surface area (TPSA) is 79.2 Å². The fraction of sp³-hybridized carbons (Fsp3) is 0.417. The first-order chi connectivity index (χ1) is 8.86. The molecule has 1 saturated heterocycles. The molecule has 102 valence electrons. The molecule has 0 aromatic heterocycles. The standard InChI is InChI=1S/C12H13ClN2O3S/c1-12(4-5-18-8-12)15-19(16,17)11-3-2-9(7-14)6-10(11)13/h2-3,6,15H,4-5,8H2,1H3/t12-/m0/s1. The molecular weight excluding hydrogens is 288 g/mol. The Morgan fingerprint density at radius 1 is 1.53 bits per heavy atom. The summed E-state index contributed by atoms with van der Waals surface area (Å²) in [6.45, 7) is 2.65. The van der Waals surface area contributed by atoms with Crippen LogP contribution in [0.1, 0.15) is 18.9 Å². The van der Waals surface area contributed by atoms with Crippen LogP contribution in [0.2, 0.25) is 5.02 Å². The van der Waals surface area contributed by atoms with E-state index >= 15 is 0 Å². The Bertz CT molecular complexity index is 631. The van der Waals surface area contributed by atoms with Gasteiger partial charge in [0, 0.05) is 6.61 Å². The van der Waals surface area contributed by atoms with Gasteiger partial charge in [-0.2, -0.15) is 5.26 Å². The van der Waals surface area contributed by atoms with Crippen molar-refractivity contribution in [3.8, 4) is 6.07 Å². The van der Waals surface area contributed by atoms with E-state index in [0.29, 0.717) is 25.2 Å². The summed E-state index contributed by atoms with van der Waals surface area (Å²) in [5.74, 6) is 0. The summed E-state index contributed by atoms with van der Waals surface area (Å²) in [6, 6.07) is 6.00. The van der Waals surface area contributed by atoms with Crippen LogP contribution in [0.5, 0.6) is 0 Å². The molecule has 0 radical (unpaired) electrons. The van der Waals surface area contributed by atoms with Gasteiger partial charge in [0.25, 0.3) is 0 Å². The van der Waals surface area contributed by atoms with Gasteiger partial charge in [0.05, 0.1) is 28.8 Å². The van der Waals surface area contributed by atoms with E-state index in [1.807, 2.05) is 6.07 Å². The highest BCUT2D eigenvalue weighted by atomic mass is 35.5. The second-order valence-electron chi connectivity index (χ2n) is 4.73. The molecule has 7 heteroatoms. The van der Waals surface area contributed by atoms with Crippen LogP contribution < -0.4 is 4.72 Å². The van der Waals surface area contributed by atoms with Crippen molar-refractivity contribution in [1.29, 1.82) is 5.26 Å². The second-order valence-corrected chi connectivity index (χ2v) is 6.78. The van der Waals surface area contributed by atoms with E-state index in [4.69, 9.17) is 21.6 Å². The van der Waals surface area contributed by atoms with Gasteiger partial charge in [0.1, 0.15) is 4.90 Å². The van der Waals surface area contributed by atoms with Crippen LogP contribution in [-0.2, 0) is 14.8 Å². The molecule has 1 aromatic rings. The third kappa shape index (κ3) is 3.07. The zero-order chi connectivity index (χ0) is 14.1. The average molecular weight is 301 g/mol. The molecule has 0 saturated carbocycles. The minimum absolute atomic E-state index is 0.0266. The summed E-state index contributed by atoms with van der Waals surface area (Å²) in [4.78, 5) is -0.0266. The number of ether oxygens (including phenoxy) is 1. The van der Waals surface area contributed by atoms with Crippen LogP contribution in [0.3, 0.4) is 0 Å². The lowest BCUT2D eigenvalue weighted by Gasteiger charge is -2.23. The molecule has 0 aliphatic carbocycles. The van der Waals surface area contributed by atoms with Gasteiger partial charge in [-0.05, 0) is 31.5 Å². The molecular formula is C12H13ClN2O3S. The highest BCUT2D eigenvalue weighted by Gasteiger charge is 2.35. The Hall–Kier alpha value is -1.13. The number of nitrogens with one attached hydrogen (secondary N) is 1. The zero-order valence-electron chi connectivity index (χ0n) is 10.3. The maximum absolute atomic E-state index is 12.3. The lowest BCUT2D eigenvalue weighted by Crippen LogP contribution is -2.46. The van der Waals surface area contributed by atoms with Crippen LogP contribution >= 0.6 is 11.6 Å². The normalized spacial score (nSPS) is 23.2. The minimum atomic E-state index is -3.73. The van der Waals surface area contributed by atoms with Crippen LogP contribution in [-0.4, -0.2) is 27.2 Å².